The van der Waals surface area contributed by atoms with E-state index in [0.717, 1.165) is 11.3 Å². The second-order valence-corrected chi connectivity index (χ2v) is 6.96. The molecule has 0 fully saturated rings. The van der Waals surface area contributed by atoms with Gasteiger partial charge in [0.1, 0.15) is 4.90 Å². The Morgan fingerprint density at radius 1 is 1.39 bits per heavy atom. The molecular weight excluding hydrogens is 268 g/mol. The largest absolute Gasteiger partial charge is 0.398 e. The number of rotatable bonds is 5. The van der Waals surface area contributed by atoms with Crippen LogP contribution in [0.3, 0.4) is 0 Å². The van der Waals surface area contributed by atoms with Crippen molar-refractivity contribution in [2.75, 3.05) is 17.7 Å². The van der Waals surface area contributed by atoms with Gasteiger partial charge in [-0.2, -0.15) is 11.8 Å². The first-order chi connectivity index (χ1) is 8.29. The number of thioether (sulfide) groups is 1. The number of sulfonamides is 1. The topological polar surface area (TPSA) is 72.2 Å². The summed E-state index contributed by atoms with van der Waals surface area (Å²) in [7, 11) is -3.55. The maximum Gasteiger partial charge on any atom is 0.243 e. The second kappa shape index (κ2) is 5.95. The lowest BCUT2D eigenvalue weighted by Crippen LogP contribution is -2.35. The quantitative estimate of drug-likeness (QED) is 0.812. The second-order valence-electron chi connectivity index (χ2n) is 4.40. The molecule has 1 aromatic carbocycles. The molecule has 1 rings (SSSR count). The van der Waals surface area contributed by atoms with E-state index in [2.05, 4.69) is 4.72 Å². The zero-order chi connectivity index (χ0) is 13.9. The summed E-state index contributed by atoms with van der Waals surface area (Å²) in [6.45, 7) is 5.49. The number of hydrogen-bond acceptors (Lipinski definition) is 4. The van der Waals surface area contributed by atoms with Crippen LogP contribution >= 0.6 is 11.8 Å². The molecule has 1 aromatic rings. The van der Waals surface area contributed by atoms with Gasteiger partial charge in [0.15, 0.2) is 0 Å². The Morgan fingerprint density at radius 2 is 2.00 bits per heavy atom. The molecule has 6 heteroatoms. The Balaban J connectivity index is 3.17. The summed E-state index contributed by atoms with van der Waals surface area (Å²) < 4.78 is 27.3. The van der Waals surface area contributed by atoms with Gasteiger partial charge < -0.3 is 5.73 Å². The molecule has 0 aliphatic carbocycles. The summed E-state index contributed by atoms with van der Waals surface area (Å²) in [6, 6.07) is 3.34. The van der Waals surface area contributed by atoms with Crippen molar-refractivity contribution in [3.05, 3.63) is 23.3 Å². The van der Waals surface area contributed by atoms with E-state index in [9.17, 15) is 8.42 Å². The predicted octanol–water partition coefficient (Wildman–Crippen LogP) is 1.92. The van der Waals surface area contributed by atoms with Crippen molar-refractivity contribution in [2.24, 2.45) is 0 Å². The van der Waals surface area contributed by atoms with Crippen molar-refractivity contribution in [1.29, 1.82) is 0 Å². The van der Waals surface area contributed by atoms with Gasteiger partial charge in [0, 0.05) is 11.8 Å². The first-order valence-corrected chi connectivity index (χ1v) is 8.54. The summed E-state index contributed by atoms with van der Waals surface area (Å²) in [5.74, 6) is 0.726. The van der Waals surface area contributed by atoms with E-state index in [1.54, 1.807) is 24.8 Å². The highest BCUT2D eigenvalue weighted by Gasteiger charge is 2.22. The van der Waals surface area contributed by atoms with E-state index >= 15 is 0 Å². The number of hydrogen-bond donors (Lipinski definition) is 2. The van der Waals surface area contributed by atoms with E-state index in [4.69, 9.17) is 5.73 Å². The average molecular weight is 288 g/mol. The fourth-order valence-corrected chi connectivity index (χ4v) is 4.14. The van der Waals surface area contributed by atoms with E-state index in [1.165, 1.54) is 0 Å². The maximum absolute atomic E-state index is 12.3. The van der Waals surface area contributed by atoms with Crippen molar-refractivity contribution < 1.29 is 8.42 Å². The highest BCUT2D eigenvalue weighted by atomic mass is 32.2. The zero-order valence-electron chi connectivity index (χ0n) is 11.1. The van der Waals surface area contributed by atoms with Crippen LogP contribution in [0.25, 0.3) is 0 Å². The first-order valence-electron chi connectivity index (χ1n) is 5.66. The number of nitrogens with one attached hydrogen (secondary N) is 1. The normalized spacial score (nSPS) is 13.6. The standard InChI is InChI=1S/C12H20N2O2S2/c1-8-5-6-11(13)12(10(8)3)18(15,16)14-9(2)7-17-4/h5-6,9,14H,7,13H2,1-4H3. The van der Waals surface area contributed by atoms with Gasteiger partial charge in [0.05, 0.1) is 5.69 Å². The minimum atomic E-state index is -3.55. The number of benzene rings is 1. The van der Waals surface area contributed by atoms with Gasteiger partial charge in [0.25, 0.3) is 0 Å². The zero-order valence-corrected chi connectivity index (χ0v) is 12.8. The predicted molar refractivity (Wildman–Crippen MR) is 78.5 cm³/mol. The first kappa shape index (κ1) is 15.3. The van der Waals surface area contributed by atoms with Crippen LogP contribution < -0.4 is 10.5 Å². The van der Waals surface area contributed by atoms with Gasteiger partial charge in [-0.25, -0.2) is 13.1 Å². The third kappa shape index (κ3) is 3.40. The molecule has 0 spiro atoms. The molecule has 3 N–H and O–H groups in total. The number of anilines is 1. The Kier molecular flexibility index (Phi) is 5.07. The van der Waals surface area contributed by atoms with Crippen LogP contribution in [0.2, 0.25) is 0 Å². The van der Waals surface area contributed by atoms with Gasteiger partial charge in [-0.3, -0.25) is 0 Å². The number of aryl methyl sites for hydroxylation is 1. The molecule has 1 atom stereocenters. The molecule has 0 aliphatic heterocycles. The van der Waals surface area contributed by atoms with Crippen LogP contribution in [-0.4, -0.2) is 26.5 Å². The third-order valence-electron chi connectivity index (χ3n) is 2.75. The van der Waals surface area contributed by atoms with E-state index in [0.29, 0.717) is 11.3 Å². The summed E-state index contributed by atoms with van der Waals surface area (Å²) in [5, 5.41) is 0. The monoisotopic (exact) mass is 288 g/mol. The van der Waals surface area contributed by atoms with Crippen molar-refractivity contribution in [3.63, 3.8) is 0 Å². The van der Waals surface area contributed by atoms with Gasteiger partial charge in [-0.05, 0) is 44.2 Å². The maximum atomic E-state index is 12.3. The van der Waals surface area contributed by atoms with Crippen LogP contribution in [-0.2, 0) is 10.0 Å². The Morgan fingerprint density at radius 3 is 2.56 bits per heavy atom. The van der Waals surface area contributed by atoms with E-state index in [1.807, 2.05) is 26.2 Å². The molecule has 102 valence electrons. The van der Waals surface area contributed by atoms with E-state index in [-0.39, 0.29) is 10.9 Å². The van der Waals surface area contributed by atoms with E-state index < -0.39 is 10.0 Å². The molecule has 18 heavy (non-hydrogen) atoms. The molecule has 0 bridgehead atoms. The molecule has 0 radical (unpaired) electrons. The summed E-state index contributed by atoms with van der Waals surface area (Å²) in [4.78, 5) is 0.204. The lowest BCUT2D eigenvalue weighted by molar-refractivity contribution is 0.571. The van der Waals surface area contributed by atoms with Crippen molar-refractivity contribution >= 4 is 27.5 Å². The van der Waals surface area contributed by atoms with Crippen LogP contribution in [0.4, 0.5) is 5.69 Å². The highest BCUT2D eigenvalue weighted by molar-refractivity contribution is 7.98. The summed E-state index contributed by atoms with van der Waals surface area (Å²) in [6.07, 6.45) is 1.94. The fraction of sp³-hybridized carbons (Fsp3) is 0.500. The van der Waals surface area contributed by atoms with Gasteiger partial charge in [0.2, 0.25) is 10.0 Å². The molecule has 0 aromatic heterocycles. The van der Waals surface area contributed by atoms with Crippen LogP contribution in [0.5, 0.6) is 0 Å². The molecule has 0 saturated heterocycles. The van der Waals surface area contributed by atoms with Crippen LogP contribution in [0, 0.1) is 13.8 Å². The molecule has 0 aliphatic rings. The van der Waals surface area contributed by atoms with Crippen molar-refractivity contribution in [3.8, 4) is 0 Å². The Bertz CT molecular complexity index is 527. The Hall–Kier alpha value is -0.720. The molecule has 4 nitrogen and oxygen atoms in total. The van der Waals surface area contributed by atoms with Crippen molar-refractivity contribution in [1.82, 2.24) is 4.72 Å². The minimum absolute atomic E-state index is 0.121. The lowest BCUT2D eigenvalue weighted by atomic mass is 10.1. The molecule has 0 amide bonds. The van der Waals surface area contributed by atoms with Gasteiger partial charge in [-0.1, -0.05) is 6.07 Å². The fourth-order valence-electron chi connectivity index (χ4n) is 1.78. The molecule has 1 unspecified atom stereocenters. The summed E-state index contributed by atoms with van der Waals surface area (Å²) in [5.41, 5.74) is 7.72. The average Bonchev–Trinajstić information content (AvgIpc) is 2.23. The SMILES string of the molecule is CSCC(C)NS(=O)(=O)c1c(N)ccc(C)c1C. The highest BCUT2D eigenvalue weighted by Crippen LogP contribution is 2.25. The molecular formula is C12H20N2O2S2. The smallest absolute Gasteiger partial charge is 0.243 e. The summed E-state index contributed by atoms with van der Waals surface area (Å²) >= 11 is 1.60. The van der Waals surface area contributed by atoms with Crippen molar-refractivity contribution in [2.45, 2.75) is 31.7 Å². The lowest BCUT2D eigenvalue weighted by Gasteiger charge is -2.17. The Labute approximate surface area is 113 Å². The van der Waals surface area contributed by atoms with Gasteiger partial charge in [-0.15, -0.1) is 0 Å². The molecule has 0 heterocycles. The van der Waals surface area contributed by atoms with Crippen LogP contribution in [0.1, 0.15) is 18.1 Å². The molecule has 0 saturated carbocycles. The third-order valence-corrected chi connectivity index (χ3v) is 5.37. The van der Waals surface area contributed by atoms with Crippen LogP contribution in [0.15, 0.2) is 17.0 Å². The number of nitrogens with two attached hydrogens (primary N) is 1. The number of nitrogen functional groups attached to an aromatic ring is 1. The van der Waals surface area contributed by atoms with Gasteiger partial charge >= 0.3 is 0 Å². The minimum Gasteiger partial charge on any atom is -0.398 e.